The quantitative estimate of drug-likeness (QED) is 0.765. The smallest absolute Gasteiger partial charge is 0.123 e. The maximum absolute atomic E-state index is 12.9. The molecule has 1 aromatic carbocycles. The SMILES string of the molecule is CC(O)CC(C)(C)CNC1CCN(CCc2ccc(F)cc2)CC1. The molecule has 0 spiro atoms. The van der Waals surface area contributed by atoms with Gasteiger partial charge in [-0.25, -0.2) is 4.39 Å². The van der Waals surface area contributed by atoms with Crippen LogP contribution in [0.2, 0.25) is 0 Å². The van der Waals surface area contributed by atoms with Gasteiger partial charge in [0, 0.05) is 19.1 Å². The van der Waals surface area contributed by atoms with Gasteiger partial charge in [0.25, 0.3) is 0 Å². The van der Waals surface area contributed by atoms with Gasteiger partial charge in [0.15, 0.2) is 0 Å². The number of hydrogen-bond acceptors (Lipinski definition) is 3. The van der Waals surface area contributed by atoms with Crippen LogP contribution in [0.5, 0.6) is 0 Å². The number of halogens is 1. The second-order valence-corrected chi connectivity index (χ2v) is 8.09. The molecule has 24 heavy (non-hydrogen) atoms. The molecule has 1 unspecified atom stereocenters. The van der Waals surface area contributed by atoms with Crippen molar-refractivity contribution in [3.63, 3.8) is 0 Å². The topological polar surface area (TPSA) is 35.5 Å². The number of hydrogen-bond donors (Lipinski definition) is 2. The largest absolute Gasteiger partial charge is 0.393 e. The first kappa shape index (κ1) is 19.4. The van der Waals surface area contributed by atoms with E-state index in [4.69, 9.17) is 0 Å². The Morgan fingerprint density at radius 1 is 1.25 bits per heavy atom. The highest BCUT2D eigenvalue weighted by Crippen LogP contribution is 2.22. The maximum atomic E-state index is 12.9. The molecule has 1 atom stereocenters. The Balaban J connectivity index is 1.65. The Kier molecular flexibility index (Phi) is 7.20. The van der Waals surface area contributed by atoms with Gasteiger partial charge in [0.05, 0.1) is 6.10 Å². The lowest BCUT2D eigenvalue weighted by molar-refractivity contribution is 0.121. The minimum atomic E-state index is -0.241. The second kappa shape index (κ2) is 8.93. The number of aliphatic hydroxyl groups is 1. The highest BCUT2D eigenvalue weighted by Gasteiger charge is 2.24. The van der Waals surface area contributed by atoms with E-state index >= 15 is 0 Å². The van der Waals surface area contributed by atoms with Crippen LogP contribution >= 0.6 is 0 Å². The van der Waals surface area contributed by atoms with Crippen LogP contribution in [0.15, 0.2) is 24.3 Å². The van der Waals surface area contributed by atoms with Gasteiger partial charge in [0.1, 0.15) is 5.82 Å². The van der Waals surface area contributed by atoms with E-state index in [2.05, 4.69) is 24.1 Å². The fourth-order valence-corrected chi connectivity index (χ4v) is 3.59. The Morgan fingerprint density at radius 3 is 2.46 bits per heavy atom. The van der Waals surface area contributed by atoms with E-state index in [-0.39, 0.29) is 17.3 Å². The molecule has 4 heteroatoms. The van der Waals surface area contributed by atoms with Gasteiger partial charge < -0.3 is 15.3 Å². The van der Waals surface area contributed by atoms with Crippen LogP contribution in [0.3, 0.4) is 0 Å². The van der Waals surface area contributed by atoms with Crippen LogP contribution in [0.1, 0.15) is 45.6 Å². The molecule has 0 bridgehead atoms. The van der Waals surface area contributed by atoms with Gasteiger partial charge in [-0.05, 0) is 68.8 Å². The lowest BCUT2D eigenvalue weighted by atomic mass is 9.86. The monoisotopic (exact) mass is 336 g/mol. The predicted molar refractivity (Wildman–Crippen MR) is 97.6 cm³/mol. The molecule has 0 aromatic heterocycles. The van der Waals surface area contributed by atoms with Crippen LogP contribution in [-0.4, -0.2) is 48.3 Å². The molecule has 0 saturated carbocycles. The highest BCUT2D eigenvalue weighted by atomic mass is 19.1. The number of aliphatic hydroxyl groups excluding tert-OH is 1. The summed E-state index contributed by atoms with van der Waals surface area (Å²) in [5.74, 6) is -0.163. The van der Waals surface area contributed by atoms with Crippen LogP contribution in [0.25, 0.3) is 0 Å². The summed E-state index contributed by atoms with van der Waals surface area (Å²) in [6.45, 7) is 10.5. The number of benzene rings is 1. The van der Waals surface area contributed by atoms with Crippen LogP contribution < -0.4 is 5.32 Å². The van der Waals surface area contributed by atoms with Gasteiger partial charge in [-0.15, -0.1) is 0 Å². The predicted octanol–water partition coefficient (Wildman–Crippen LogP) is 3.22. The third kappa shape index (κ3) is 6.88. The molecular weight excluding hydrogens is 303 g/mol. The van der Waals surface area contributed by atoms with E-state index in [1.165, 1.54) is 18.4 Å². The first-order valence-electron chi connectivity index (χ1n) is 9.22. The van der Waals surface area contributed by atoms with Crippen molar-refractivity contribution in [2.75, 3.05) is 26.2 Å². The summed E-state index contributed by atoms with van der Waals surface area (Å²) in [6.07, 6.45) is 3.92. The standard InChI is InChI=1S/C20H33FN2O/c1-16(24)14-20(2,3)15-22-19-9-12-23(13-10-19)11-8-17-4-6-18(21)7-5-17/h4-7,16,19,22,24H,8-15H2,1-3H3. The Morgan fingerprint density at radius 2 is 1.88 bits per heavy atom. The summed E-state index contributed by atoms with van der Waals surface area (Å²) < 4.78 is 12.9. The molecule has 0 aliphatic carbocycles. The molecule has 1 aromatic rings. The number of nitrogens with one attached hydrogen (secondary N) is 1. The molecule has 136 valence electrons. The molecule has 0 radical (unpaired) electrons. The maximum Gasteiger partial charge on any atom is 0.123 e. The Hall–Kier alpha value is -0.970. The van der Waals surface area contributed by atoms with Crippen molar-refractivity contribution in [2.45, 2.75) is 58.6 Å². The average Bonchev–Trinajstić information content (AvgIpc) is 2.52. The molecule has 1 heterocycles. The Bertz CT molecular complexity index is 479. The number of likely N-dealkylation sites (tertiary alicyclic amines) is 1. The lowest BCUT2D eigenvalue weighted by Crippen LogP contribution is -2.45. The van der Waals surface area contributed by atoms with E-state index < -0.39 is 0 Å². The summed E-state index contributed by atoms with van der Waals surface area (Å²) in [5.41, 5.74) is 1.34. The molecule has 2 rings (SSSR count). The zero-order chi connectivity index (χ0) is 17.6. The zero-order valence-electron chi connectivity index (χ0n) is 15.4. The van der Waals surface area contributed by atoms with Gasteiger partial charge in [-0.3, -0.25) is 0 Å². The molecule has 2 N–H and O–H groups in total. The average molecular weight is 336 g/mol. The van der Waals surface area contributed by atoms with Crippen LogP contribution in [0, 0.1) is 11.2 Å². The molecule has 1 aliphatic heterocycles. The van der Waals surface area contributed by atoms with Crippen molar-refractivity contribution < 1.29 is 9.50 Å². The van der Waals surface area contributed by atoms with Crippen molar-refractivity contribution in [2.24, 2.45) is 5.41 Å². The van der Waals surface area contributed by atoms with Gasteiger partial charge >= 0.3 is 0 Å². The Labute approximate surface area is 146 Å². The summed E-state index contributed by atoms with van der Waals surface area (Å²) >= 11 is 0. The molecule has 1 fully saturated rings. The van der Waals surface area contributed by atoms with E-state index in [9.17, 15) is 9.50 Å². The molecule has 0 amide bonds. The fourth-order valence-electron chi connectivity index (χ4n) is 3.59. The first-order valence-corrected chi connectivity index (χ1v) is 9.22. The molecule has 1 aliphatic rings. The van der Waals surface area contributed by atoms with Gasteiger partial charge in [-0.1, -0.05) is 26.0 Å². The van der Waals surface area contributed by atoms with E-state index in [0.717, 1.165) is 39.0 Å². The van der Waals surface area contributed by atoms with Crippen molar-refractivity contribution in [3.8, 4) is 0 Å². The summed E-state index contributed by atoms with van der Waals surface area (Å²) in [4.78, 5) is 2.50. The van der Waals surface area contributed by atoms with Crippen molar-refractivity contribution in [1.29, 1.82) is 0 Å². The summed E-state index contributed by atoms with van der Waals surface area (Å²) in [5, 5.41) is 13.3. The fraction of sp³-hybridized carbons (Fsp3) is 0.700. The number of rotatable bonds is 8. The van der Waals surface area contributed by atoms with Gasteiger partial charge in [0.2, 0.25) is 0 Å². The summed E-state index contributed by atoms with van der Waals surface area (Å²) in [6, 6.07) is 7.43. The second-order valence-electron chi connectivity index (χ2n) is 8.09. The minimum absolute atomic E-state index is 0.133. The zero-order valence-corrected chi connectivity index (χ0v) is 15.4. The molecule has 1 saturated heterocycles. The first-order chi connectivity index (χ1) is 11.3. The third-order valence-corrected chi connectivity index (χ3v) is 4.93. The summed E-state index contributed by atoms with van der Waals surface area (Å²) in [7, 11) is 0. The molecule has 3 nitrogen and oxygen atoms in total. The van der Waals surface area contributed by atoms with Crippen LogP contribution in [0.4, 0.5) is 4.39 Å². The van der Waals surface area contributed by atoms with Crippen molar-refractivity contribution in [1.82, 2.24) is 10.2 Å². The number of piperidine rings is 1. The van der Waals surface area contributed by atoms with Crippen molar-refractivity contribution >= 4 is 0 Å². The highest BCUT2D eigenvalue weighted by molar-refractivity contribution is 5.16. The molecular formula is C20H33FN2O. The van der Waals surface area contributed by atoms with Gasteiger partial charge in [-0.2, -0.15) is 0 Å². The third-order valence-electron chi connectivity index (χ3n) is 4.93. The van der Waals surface area contributed by atoms with E-state index in [1.807, 2.05) is 19.1 Å². The van der Waals surface area contributed by atoms with E-state index in [1.54, 1.807) is 12.1 Å². The minimum Gasteiger partial charge on any atom is -0.393 e. The van der Waals surface area contributed by atoms with Crippen LogP contribution in [-0.2, 0) is 6.42 Å². The normalized spacial score (nSPS) is 18.7. The number of nitrogens with zero attached hydrogens (tertiary/aromatic N) is 1. The van der Waals surface area contributed by atoms with E-state index in [0.29, 0.717) is 6.04 Å². The lowest BCUT2D eigenvalue weighted by Gasteiger charge is -2.35. The van der Waals surface area contributed by atoms with Crippen molar-refractivity contribution in [3.05, 3.63) is 35.6 Å².